The third-order valence-corrected chi connectivity index (χ3v) is 5.36. The number of rotatable bonds is 5. The van der Waals surface area contributed by atoms with Gasteiger partial charge in [0, 0.05) is 25.7 Å². The Morgan fingerprint density at radius 2 is 1.91 bits per heavy atom. The summed E-state index contributed by atoms with van der Waals surface area (Å²) in [4.78, 5) is 28.0. The van der Waals surface area contributed by atoms with Crippen molar-refractivity contribution in [3.8, 4) is 0 Å². The van der Waals surface area contributed by atoms with E-state index >= 15 is 0 Å². The molecule has 3 aliphatic rings. The van der Waals surface area contributed by atoms with Gasteiger partial charge in [0.25, 0.3) is 0 Å². The first-order valence-electron chi connectivity index (χ1n) is 9.17. The van der Waals surface area contributed by atoms with E-state index < -0.39 is 0 Å². The predicted molar refractivity (Wildman–Crippen MR) is 87.1 cm³/mol. The molecule has 1 aliphatic carbocycles. The third-order valence-electron chi connectivity index (χ3n) is 5.36. The summed E-state index contributed by atoms with van der Waals surface area (Å²) in [5.74, 6) is 0.346. The number of ether oxygens (including phenoxy) is 1. The van der Waals surface area contributed by atoms with E-state index in [1.165, 1.54) is 19.3 Å². The average molecular weight is 323 g/mol. The number of nitrogens with one attached hydrogen (secondary N) is 1. The van der Waals surface area contributed by atoms with Crippen LogP contribution in [0.15, 0.2) is 0 Å². The number of piperidine rings is 1. The van der Waals surface area contributed by atoms with Gasteiger partial charge in [-0.2, -0.15) is 0 Å². The number of amides is 2. The minimum absolute atomic E-state index is 0.108. The highest BCUT2D eigenvalue weighted by Gasteiger charge is 2.29. The minimum Gasteiger partial charge on any atom is -0.448 e. The standard InChI is InChI=1S/C17H29N3O3/c21-16(18-15-6-2-1-3-7-15)14-5-4-8-19(13-14)9-10-20-11-12-23-17(20)22/h14-15H,1-13H2,(H,18,21)/t14-/m1/s1. The summed E-state index contributed by atoms with van der Waals surface area (Å²) in [6.07, 6.45) is 7.92. The second-order valence-corrected chi connectivity index (χ2v) is 7.08. The molecule has 0 bridgehead atoms. The first-order chi connectivity index (χ1) is 11.2. The molecule has 6 heteroatoms. The predicted octanol–water partition coefficient (Wildman–Crippen LogP) is 1.60. The third kappa shape index (κ3) is 4.59. The van der Waals surface area contributed by atoms with Crippen molar-refractivity contribution in [3.63, 3.8) is 0 Å². The maximum Gasteiger partial charge on any atom is 0.409 e. The molecule has 0 unspecified atom stereocenters. The van der Waals surface area contributed by atoms with E-state index in [4.69, 9.17) is 4.74 Å². The molecule has 2 aliphatic heterocycles. The van der Waals surface area contributed by atoms with E-state index in [1.807, 2.05) is 0 Å². The van der Waals surface area contributed by atoms with Crippen LogP contribution in [0.5, 0.6) is 0 Å². The number of hydrogen-bond acceptors (Lipinski definition) is 4. The summed E-state index contributed by atoms with van der Waals surface area (Å²) < 4.78 is 4.95. The van der Waals surface area contributed by atoms with E-state index in [-0.39, 0.29) is 17.9 Å². The maximum absolute atomic E-state index is 12.5. The highest BCUT2D eigenvalue weighted by Crippen LogP contribution is 2.20. The highest BCUT2D eigenvalue weighted by atomic mass is 16.6. The second kappa shape index (κ2) is 7.99. The number of nitrogens with zero attached hydrogens (tertiary/aromatic N) is 2. The van der Waals surface area contributed by atoms with E-state index in [0.29, 0.717) is 25.7 Å². The highest BCUT2D eigenvalue weighted by molar-refractivity contribution is 5.79. The summed E-state index contributed by atoms with van der Waals surface area (Å²) in [6, 6.07) is 0.394. The van der Waals surface area contributed by atoms with Crippen molar-refractivity contribution in [1.29, 1.82) is 0 Å². The Kier molecular flexibility index (Phi) is 5.75. The van der Waals surface area contributed by atoms with Crippen LogP contribution >= 0.6 is 0 Å². The van der Waals surface area contributed by atoms with Gasteiger partial charge in [-0.3, -0.25) is 4.79 Å². The van der Waals surface area contributed by atoms with Crippen molar-refractivity contribution in [1.82, 2.24) is 15.1 Å². The van der Waals surface area contributed by atoms with Crippen molar-refractivity contribution in [2.45, 2.75) is 51.0 Å². The fourth-order valence-electron chi connectivity index (χ4n) is 3.93. The molecule has 3 rings (SSSR count). The molecule has 1 saturated carbocycles. The molecule has 2 heterocycles. The van der Waals surface area contributed by atoms with Crippen molar-refractivity contribution in [2.24, 2.45) is 5.92 Å². The van der Waals surface area contributed by atoms with Crippen LogP contribution in [0.2, 0.25) is 0 Å². The summed E-state index contributed by atoms with van der Waals surface area (Å²) in [7, 11) is 0. The van der Waals surface area contributed by atoms with Crippen LogP contribution < -0.4 is 5.32 Å². The lowest BCUT2D eigenvalue weighted by Crippen LogP contribution is -2.47. The number of carbonyl (C=O) groups excluding carboxylic acids is 2. The van der Waals surface area contributed by atoms with Crippen LogP contribution in [0.4, 0.5) is 4.79 Å². The number of cyclic esters (lactones) is 1. The summed E-state index contributed by atoms with van der Waals surface area (Å²) >= 11 is 0. The molecule has 1 N–H and O–H groups in total. The first kappa shape index (κ1) is 16.6. The Morgan fingerprint density at radius 3 is 2.65 bits per heavy atom. The Labute approximate surface area is 138 Å². The lowest BCUT2D eigenvalue weighted by molar-refractivity contribution is -0.127. The lowest BCUT2D eigenvalue weighted by atomic mass is 9.93. The van der Waals surface area contributed by atoms with E-state index in [1.54, 1.807) is 4.90 Å². The van der Waals surface area contributed by atoms with Gasteiger partial charge < -0.3 is 19.9 Å². The second-order valence-electron chi connectivity index (χ2n) is 7.08. The zero-order valence-electron chi connectivity index (χ0n) is 14.0. The van der Waals surface area contributed by atoms with Crippen LogP contribution in [0, 0.1) is 5.92 Å². The average Bonchev–Trinajstić information content (AvgIpc) is 2.99. The maximum atomic E-state index is 12.5. The van der Waals surface area contributed by atoms with Gasteiger partial charge in [0.15, 0.2) is 0 Å². The normalized spacial score (nSPS) is 27.0. The molecule has 3 fully saturated rings. The number of likely N-dealkylation sites (tertiary alicyclic amines) is 1. The van der Waals surface area contributed by atoms with Crippen LogP contribution in [0.25, 0.3) is 0 Å². The molecule has 0 aromatic rings. The fourth-order valence-corrected chi connectivity index (χ4v) is 3.93. The topological polar surface area (TPSA) is 61.9 Å². The lowest BCUT2D eigenvalue weighted by Gasteiger charge is -2.34. The van der Waals surface area contributed by atoms with Crippen molar-refractivity contribution >= 4 is 12.0 Å². The van der Waals surface area contributed by atoms with E-state index in [9.17, 15) is 9.59 Å². The van der Waals surface area contributed by atoms with Gasteiger partial charge >= 0.3 is 6.09 Å². The van der Waals surface area contributed by atoms with Gasteiger partial charge in [-0.25, -0.2) is 4.79 Å². The molecule has 23 heavy (non-hydrogen) atoms. The van der Waals surface area contributed by atoms with Gasteiger partial charge in [-0.05, 0) is 32.2 Å². The van der Waals surface area contributed by atoms with Crippen molar-refractivity contribution < 1.29 is 14.3 Å². The molecule has 0 spiro atoms. The summed E-state index contributed by atoms with van der Waals surface area (Å²) in [5, 5.41) is 3.26. The van der Waals surface area contributed by atoms with Crippen molar-refractivity contribution in [2.75, 3.05) is 39.3 Å². The minimum atomic E-state index is -0.200. The first-order valence-corrected chi connectivity index (χ1v) is 9.17. The van der Waals surface area contributed by atoms with Crippen LogP contribution in [0.3, 0.4) is 0 Å². The van der Waals surface area contributed by atoms with Gasteiger partial charge in [0.2, 0.25) is 5.91 Å². The number of hydrogen-bond donors (Lipinski definition) is 1. The van der Waals surface area contributed by atoms with E-state index in [0.717, 1.165) is 45.3 Å². The van der Waals surface area contributed by atoms with Gasteiger partial charge in [0.1, 0.15) is 6.61 Å². The van der Waals surface area contributed by atoms with Crippen LogP contribution in [0.1, 0.15) is 44.9 Å². The quantitative estimate of drug-likeness (QED) is 0.835. The van der Waals surface area contributed by atoms with Crippen molar-refractivity contribution in [3.05, 3.63) is 0 Å². The van der Waals surface area contributed by atoms with Crippen LogP contribution in [-0.2, 0) is 9.53 Å². The molecule has 1 atom stereocenters. The SMILES string of the molecule is O=C(NC1CCCCC1)[C@@H]1CCCN(CCN2CCOC2=O)C1. The zero-order valence-corrected chi connectivity index (χ0v) is 14.0. The monoisotopic (exact) mass is 323 g/mol. The fraction of sp³-hybridized carbons (Fsp3) is 0.882. The Balaban J connectivity index is 1.41. The van der Waals surface area contributed by atoms with Gasteiger partial charge in [-0.1, -0.05) is 19.3 Å². The Hall–Kier alpha value is -1.30. The summed E-state index contributed by atoms with van der Waals surface area (Å²) in [6.45, 7) is 4.58. The molecule has 6 nitrogen and oxygen atoms in total. The largest absolute Gasteiger partial charge is 0.448 e. The molecule has 130 valence electrons. The van der Waals surface area contributed by atoms with Gasteiger partial charge in [0.05, 0.1) is 12.5 Å². The van der Waals surface area contributed by atoms with E-state index in [2.05, 4.69) is 10.2 Å². The molecule has 2 amide bonds. The molecular weight excluding hydrogens is 294 g/mol. The Morgan fingerprint density at radius 1 is 1.09 bits per heavy atom. The van der Waals surface area contributed by atoms with Crippen LogP contribution in [-0.4, -0.2) is 67.2 Å². The molecule has 0 aromatic heterocycles. The smallest absolute Gasteiger partial charge is 0.409 e. The Bertz CT molecular complexity index is 423. The molecular formula is C17H29N3O3. The molecule has 0 radical (unpaired) electrons. The molecule has 0 aromatic carbocycles. The number of carbonyl (C=O) groups is 2. The van der Waals surface area contributed by atoms with Gasteiger partial charge in [-0.15, -0.1) is 0 Å². The summed E-state index contributed by atoms with van der Waals surface area (Å²) in [5.41, 5.74) is 0. The molecule has 2 saturated heterocycles. The zero-order chi connectivity index (χ0) is 16.1.